The van der Waals surface area contributed by atoms with E-state index >= 15 is 0 Å². The van der Waals surface area contributed by atoms with Crippen LogP contribution in [-0.2, 0) is 4.79 Å². The predicted octanol–water partition coefficient (Wildman–Crippen LogP) is -1.03. The number of carbonyl (C=O) groups excluding carboxylic acids is 1. The lowest BCUT2D eigenvalue weighted by Gasteiger charge is -2.13. The van der Waals surface area contributed by atoms with Gasteiger partial charge in [-0.2, -0.15) is 0 Å². The Morgan fingerprint density at radius 1 is 1.57 bits per heavy atom. The van der Waals surface area contributed by atoms with Gasteiger partial charge in [0, 0.05) is 6.54 Å². The van der Waals surface area contributed by atoms with Crippen molar-refractivity contribution in [2.24, 2.45) is 5.73 Å². The summed E-state index contributed by atoms with van der Waals surface area (Å²) in [5.41, 5.74) is 5.57. The number of aliphatic hydroxyl groups excluding tert-OH is 2. The van der Waals surface area contributed by atoms with Gasteiger partial charge in [0.15, 0.2) is 0 Å². The molecule has 0 fully saturated rings. The molecule has 0 aliphatic rings. The molecule has 0 aliphatic heterocycles. The lowest BCUT2D eigenvalue weighted by molar-refractivity contribution is -0.123. The Bertz CT molecular complexity index is 164. The fourth-order valence-electron chi connectivity index (χ4n) is 0.969. The normalized spacial score (nSPS) is 14.9. The van der Waals surface area contributed by atoms with E-state index in [-0.39, 0.29) is 19.1 Å². The number of nitrogens with one attached hydrogen (secondary N) is 1. The quantitative estimate of drug-likeness (QED) is 0.426. The highest BCUT2D eigenvalue weighted by Crippen LogP contribution is 1.97. The maximum absolute atomic E-state index is 11.2. The van der Waals surface area contributed by atoms with Crippen LogP contribution in [0.2, 0.25) is 0 Å². The van der Waals surface area contributed by atoms with Gasteiger partial charge in [0.05, 0.1) is 18.8 Å². The number of unbranched alkanes of at least 4 members (excludes halogenated alkanes) is 1. The summed E-state index contributed by atoms with van der Waals surface area (Å²) in [5, 5.41) is 19.9. The smallest absolute Gasteiger partial charge is 0.237 e. The maximum atomic E-state index is 11.2. The van der Waals surface area contributed by atoms with Gasteiger partial charge in [0.1, 0.15) is 0 Å². The Kier molecular flexibility index (Phi) is 7.37. The molecule has 0 rings (SSSR count). The summed E-state index contributed by atoms with van der Waals surface area (Å²) in [6, 6.07) is -0.513. The molecule has 0 saturated carbocycles. The molecule has 5 heteroatoms. The van der Waals surface area contributed by atoms with Crippen LogP contribution in [-0.4, -0.2) is 41.4 Å². The topological polar surface area (TPSA) is 95.6 Å². The molecular formula is C9H20N2O3. The van der Waals surface area contributed by atoms with E-state index in [0.29, 0.717) is 6.42 Å². The maximum Gasteiger partial charge on any atom is 0.237 e. The third-order valence-corrected chi connectivity index (χ3v) is 1.93. The van der Waals surface area contributed by atoms with Crippen molar-refractivity contribution in [3.63, 3.8) is 0 Å². The number of hydrogen-bond acceptors (Lipinski definition) is 4. The van der Waals surface area contributed by atoms with Gasteiger partial charge in [-0.1, -0.05) is 19.8 Å². The molecule has 14 heavy (non-hydrogen) atoms. The van der Waals surface area contributed by atoms with Crippen LogP contribution < -0.4 is 11.1 Å². The van der Waals surface area contributed by atoms with Crippen molar-refractivity contribution in [3.05, 3.63) is 0 Å². The van der Waals surface area contributed by atoms with Crippen molar-refractivity contribution >= 4 is 5.91 Å². The summed E-state index contributed by atoms with van der Waals surface area (Å²) in [4.78, 5) is 11.2. The van der Waals surface area contributed by atoms with Crippen LogP contribution >= 0.6 is 0 Å². The first-order valence-corrected chi connectivity index (χ1v) is 4.94. The molecule has 84 valence electrons. The Hall–Kier alpha value is -0.650. The average Bonchev–Trinajstić information content (AvgIpc) is 2.21. The molecule has 0 bridgehead atoms. The molecular weight excluding hydrogens is 184 g/mol. The third kappa shape index (κ3) is 5.90. The first-order valence-electron chi connectivity index (χ1n) is 4.94. The van der Waals surface area contributed by atoms with Crippen molar-refractivity contribution < 1.29 is 15.0 Å². The summed E-state index contributed by atoms with van der Waals surface area (Å²) in [6.45, 7) is 1.72. The Labute approximate surface area is 84.3 Å². The number of hydrogen-bond donors (Lipinski definition) is 4. The molecule has 2 atom stereocenters. The van der Waals surface area contributed by atoms with E-state index in [1.165, 1.54) is 0 Å². The van der Waals surface area contributed by atoms with E-state index in [0.717, 1.165) is 12.8 Å². The standard InChI is InChI=1S/C9H20N2O3/c1-2-3-4-8(10)9(14)11-5-7(13)6-12/h7-8,12-13H,2-6,10H2,1H3,(H,11,14)/t7?,8-/m0/s1. The number of aliphatic hydroxyl groups is 2. The number of amides is 1. The SMILES string of the molecule is CCCC[C@H](N)C(=O)NCC(O)CO. The van der Waals surface area contributed by atoms with Gasteiger partial charge in [0.25, 0.3) is 0 Å². The van der Waals surface area contributed by atoms with Crippen molar-refractivity contribution in [1.82, 2.24) is 5.32 Å². The summed E-state index contributed by atoms with van der Waals surface area (Å²) in [7, 11) is 0. The first kappa shape index (κ1) is 13.4. The lowest BCUT2D eigenvalue weighted by atomic mass is 10.1. The first-order chi connectivity index (χ1) is 6.61. The van der Waals surface area contributed by atoms with Crippen LogP contribution in [0.3, 0.4) is 0 Å². The minimum absolute atomic E-state index is 0.0508. The zero-order chi connectivity index (χ0) is 11.0. The Balaban J connectivity index is 3.61. The van der Waals surface area contributed by atoms with Crippen LogP contribution in [0.5, 0.6) is 0 Å². The van der Waals surface area contributed by atoms with Crippen LogP contribution in [0, 0.1) is 0 Å². The van der Waals surface area contributed by atoms with Crippen molar-refractivity contribution in [2.75, 3.05) is 13.2 Å². The van der Waals surface area contributed by atoms with E-state index in [9.17, 15) is 4.79 Å². The molecule has 0 heterocycles. The zero-order valence-electron chi connectivity index (χ0n) is 8.57. The summed E-state index contributed by atoms with van der Waals surface area (Å²) < 4.78 is 0. The van der Waals surface area contributed by atoms with E-state index in [1.54, 1.807) is 0 Å². The molecule has 0 spiro atoms. The van der Waals surface area contributed by atoms with E-state index in [2.05, 4.69) is 5.32 Å². The second-order valence-corrected chi connectivity index (χ2v) is 3.33. The zero-order valence-corrected chi connectivity index (χ0v) is 8.57. The van der Waals surface area contributed by atoms with Crippen molar-refractivity contribution in [3.8, 4) is 0 Å². The molecule has 1 amide bonds. The molecule has 5 N–H and O–H groups in total. The largest absolute Gasteiger partial charge is 0.394 e. The van der Waals surface area contributed by atoms with Crippen LogP contribution in [0.15, 0.2) is 0 Å². The fraction of sp³-hybridized carbons (Fsp3) is 0.889. The number of rotatable bonds is 7. The summed E-state index contributed by atoms with van der Waals surface area (Å²) in [6.07, 6.45) is 1.66. The number of carbonyl (C=O) groups is 1. The monoisotopic (exact) mass is 204 g/mol. The molecule has 0 radical (unpaired) electrons. The lowest BCUT2D eigenvalue weighted by Crippen LogP contribution is -2.44. The number of nitrogens with two attached hydrogens (primary N) is 1. The Morgan fingerprint density at radius 2 is 2.21 bits per heavy atom. The molecule has 0 aromatic heterocycles. The van der Waals surface area contributed by atoms with Crippen LogP contribution in [0.4, 0.5) is 0 Å². The van der Waals surface area contributed by atoms with Gasteiger partial charge in [0.2, 0.25) is 5.91 Å². The highest BCUT2D eigenvalue weighted by molar-refractivity contribution is 5.81. The molecule has 0 aliphatic carbocycles. The van der Waals surface area contributed by atoms with Crippen LogP contribution in [0.1, 0.15) is 26.2 Å². The minimum Gasteiger partial charge on any atom is -0.394 e. The Morgan fingerprint density at radius 3 is 2.71 bits per heavy atom. The molecule has 1 unspecified atom stereocenters. The molecule has 0 saturated heterocycles. The predicted molar refractivity (Wildman–Crippen MR) is 53.6 cm³/mol. The summed E-state index contributed by atoms with van der Waals surface area (Å²) >= 11 is 0. The second-order valence-electron chi connectivity index (χ2n) is 3.33. The fourth-order valence-corrected chi connectivity index (χ4v) is 0.969. The van der Waals surface area contributed by atoms with Gasteiger partial charge in [-0.3, -0.25) is 4.79 Å². The van der Waals surface area contributed by atoms with Crippen molar-refractivity contribution in [2.45, 2.75) is 38.3 Å². The highest BCUT2D eigenvalue weighted by Gasteiger charge is 2.13. The van der Waals surface area contributed by atoms with E-state index in [4.69, 9.17) is 15.9 Å². The van der Waals surface area contributed by atoms with Gasteiger partial charge >= 0.3 is 0 Å². The van der Waals surface area contributed by atoms with E-state index in [1.807, 2.05) is 6.92 Å². The van der Waals surface area contributed by atoms with E-state index < -0.39 is 12.1 Å². The van der Waals surface area contributed by atoms with Gasteiger partial charge < -0.3 is 21.3 Å². The second kappa shape index (κ2) is 7.73. The van der Waals surface area contributed by atoms with Gasteiger partial charge in [-0.25, -0.2) is 0 Å². The molecule has 0 aromatic rings. The van der Waals surface area contributed by atoms with Gasteiger partial charge in [-0.05, 0) is 6.42 Å². The summed E-state index contributed by atoms with van der Waals surface area (Å²) in [5.74, 6) is -0.272. The third-order valence-electron chi connectivity index (χ3n) is 1.93. The van der Waals surface area contributed by atoms with Crippen LogP contribution in [0.25, 0.3) is 0 Å². The molecule has 0 aromatic carbocycles. The average molecular weight is 204 g/mol. The minimum atomic E-state index is -0.905. The highest BCUT2D eigenvalue weighted by atomic mass is 16.3. The van der Waals surface area contributed by atoms with Gasteiger partial charge in [-0.15, -0.1) is 0 Å². The molecule has 5 nitrogen and oxygen atoms in total. The van der Waals surface area contributed by atoms with Crippen molar-refractivity contribution in [1.29, 1.82) is 0 Å².